The maximum absolute atomic E-state index is 12.7. The number of carbonyl (C=O) groups is 2. The van der Waals surface area contributed by atoms with Crippen molar-refractivity contribution >= 4 is 40.8 Å². The van der Waals surface area contributed by atoms with Crippen LogP contribution in [0.3, 0.4) is 0 Å². The smallest absolute Gasteiger partial charge is 0.245 e. The molecule has 0 fully saturated rings. The number of para-hydroxylation sites is 1. The van der Waals surface area contributed by atoms with Gasteiger partial charge in [0, 0.05) is 18.0 Å². The molecule has 158 valence electrons. The normalized spacial score (nSPS) is 11.4. The Balaban J connectivity index is 2.31. The highest BCUT2D eigenvalue weighted by atomic mass is 35.5. The number of nitrogens with one attached hydrogen (secondary N) is 1. The number of unbranched alkanes of at least 4 members (excludes halogenated alkanes) is 1. The average Bonchev–Trinajstić information content (AvgIpc) is 3.08. The second-order valence-corrected chi connectivity index (χ2v) is 8.55. The van der Waals surface area contributed by atoms with Crippen LogP contribution in [0.4, 0.5) is 5.82 Å². The summed E-state index contributed by atoms with van der Waals surface area (Å²) in [5.41, 5.74) is 1.26. The van der Waals surface area contributed by atoms with Gasteiger partial charge in [-0.1, -0.05) is 57.8 Å². The van der Waals surface area contributed by atoms with Gasteiger partial charge in [0.2, 0.25) is 11.8 Å². The van der Waals surface area contributed by atoms with Gasteiger partial charge < -0.3 is 10.2 Å². The summed E-state index contributed by atoms with van der Waals surface area (Å²) in [6.45, 7) is 8.59. The Labute approximate surface area is 182 Å². The number of benzene rings is 1. The first kappa shape index (κ1) is 23.2. The Morgan fingerprint density at radius 3 is 2.52 bits per heavy atom. The highest BCUT2D eigenvalue weighted by Gasteiger charge is 2.23. The molecule has 2 rings (SSSR count). The van der Waals surface area contributed by atoms with E-state index in [1.807, 2.05) is 52.0 Å². The van der Waals surface area contributed by atoms with Crippen molar-refractivity contribution in [3.8, 4) is 5.69 Å². The molecular formula is C21H28Cl2N4O2. The molecule has 0 aliphatic carbocycles. The summed E-state index contributed by atoms with van der Waals surface area (Å²) in [5, 5.41) is 8.06. The monoisotopic (exact) mass is 438 g/mol. The van der Waals surface area contributed by atoms with E-state index >= 15 is 0 Å². The third kappa shape index (κ3) is 6.21. The van der Waals surface area contributed by atoms with Crippen molar-refractivity contribution in [3.63, 3.8) is 0 Å². The van der Waals surface area contributed by atoms with Gasteiger partial charge in [-0.25, -0.2) is 4.68 Å². The van der Waals surface area contributed by atoms with Gasteiger partial charge in [0.1, 0.15) is 11.7 Å². The van der Waals surface area contributed by atoms with Crippen LogP contribution in [0.2, 0.25) is 5.02 Å². The first-order chi connectivity index (χ1) is 13.7. The number of amides is 2. The summed E-state index contributed by atoms with van der Waals surface area (Å²) in [5.74, 6) is -0.219. The quantitative estimate of drug-likeness (QED) is 0.610. The van der Waals surface area contributed by atoms with Crippen molar-refractivity contribution in [2.24, 2.45) is 0 Å². The third-order valence-corrected chi connectivity index (χ3v) is 4.96. The molecule has 1 heterocycles. The van der Waals surface area contributed by atoms with Gasteiger partial charge in [0.15, 0.2) is 0 Å². The van der Waals surface area contributed by atoms with Crippen LogP contribution < -0.4 is 5.32 Å². The van der Waals surface area contributed by atoms with Crippen LogP contribution in [0, 0.1) is 0 Å². The van der Waals surface area contributed by atoms with Crippen molar-refractivity contribution in [1.29, 1.82) is 0 Å². The molecule has 2 aromatic rings. The number of anilines is 1. The minimum Gasteiger partial charge on any atom is -0.332 e. The fourth-order valence-corrected chi connectivity index (χ4v) is 3.11. The molecule has 0 saturated heterocycles. The van der Waals surface area contributed by atoms with E-state index in [0.29, 0.717) is 23.1 Å². The van der Waals surface area contributed by atoms with Crippen LogP contribution in [0.1, 0.15) is 46.2 Å². The van der Waals surface area contributed by atoms with Gasteiger partial charge in [-0.15, -0.1) is 11.6 Å². The number of aromatic nitrogens is 2. The predicted octanol–water partition coefficient (Wildman–Crippen LogP) is 4.63. The van der Waals surface area contributed by atoms with E-state index in [0.717, 1.165) is 18.5 Å². The summed E-state index contributed by atoms with van der Waals surface area (Å²) < 4.78 is 1.63. The zero-order chi connectivity index (χ0) is 21.6. The zero-order valence-corrected chi connectivity index (χ0v) is 18.8. The molecule has 1 aromatic heterocycles. The second-order valence-electron chi connectivity index (χ2n) is 7.88. The van der Waals surface area contributed by atoms with E-state index < -0.39 is 0 Å². The molecule has 0 unspecified atom stereocenters. The standard InChI is InChI=1S/C21H28Cl2N4O2/c1-5-6-11-26(20(29)13-22)14-19(28)24-18-12-17(21(2,3)4)25-27(18)16-10-8-7-9-15(16)23/h7-10,12H,5-6,11,13-14H2,1-4H3,(H,24,28). The van der Waals surface area contributed by atoms with Crippen molar-refractivity contribution < 1.29 is 9.59 Å². The molecular weight excluding hydrogens is 411 g/mol. The molecule has 2 amide bonds. The fraction of sp³-hybridized carbons (Fsp3) is 0.476. The van der Waals surface area contributed by atoms with Crippen LogP contribution in [0.25, 0.3) is 5.69 Å². The number of alkyl halides is 1. The molecule has 6 nitrogen and oxygen atoms in total. The number of hydrogen-bond donors (Lipinski definition) is 1. The topological polar surface area (TPSA) is 67.2 Å². The lowest BCUT2D eigenvalue weighted by atomic mass is 9.92. The van der Waals surface area contributed by atoms with E-state index in [1.165, 1.54) is 4.90 Å². The molecule has 0 radical (unpaired) electrons. The van der Waals surface area contributed by atoms with Crippen LogP contribution in [0.15, 0.2) is 30.3 Å². The Hall–Kier alpha value is -2.05. The second kappa shape index (κ2) is 10.1. The maximum atomic E-state index is 12.7. The Morgan fingerprint density at radius 1 is 1.24 bits per heavy atom. The summed E-state index contributed by atoms with van der Waals surface area (Å²) in [4.78, 5) is 26.2. The lowest BCUT2D eigenvalue weighted by Crippen LogP contribution is -2.39. The van der Waals surface area contributed by atoms with E-state index in [1.54, 1.807) is 10.7 Å². The maximum Gasteiger partial charge on any atom is 0.245 e. The molecule has 1 N–H and O–H groups in total. The number of carbonyl (C=O) groups excluding carboxylic acids is 2. The zero-order valence-electron chi connectivity index (χ0n) is 17.3. The number of nitrogens with zero attached hydrogens (tertiary/aromatic N) is 3. The molecule has 0 saturated carbocycles. The lowest BCUT2D eigenvalue weighted by molar-refractivity contribution is -0.132. The number of rotatable bonds is 8. The van der Waals surface area contributed by atoms with Crippen molar-refractivity contribution in [3.05, 3.63) is 41.0 Å². The third-order valence-electron chi connectivity index (χ3n) is 4.41. The molecule has 8 heteroatoms. The first-order valence-corrected chi connectivity index (χ1v) is 10.6. The lowest BCUT2D eigenvalue weighted by Gasteiger charge is -2.21. The summed E-state index contributed by atoms with van der Waals surface area (Å²) in [6.07, 6.45) is 1.73. The van der Waals surface area contributed by atoms with E-state index in [-0.39, 0.29) is 29.7 Å². The van der Waals surface area contributed by atoms with E-state index in [4.69, 9.17) is 23.2 Å². The minimum atomic E-state index is -0.312. The van der Waals surface area contributed by atoms with Gasteiger partial charge in [-0.2, -0.15) is 5.10 Å². The Bertz CT molecular complexity index is 859. The van der Waals surface area contributed by atoms with Crippen molar-refractivity contribution in [2.45, 2.75) is 46.0 Å². The molecule has 0 atom stereocenters. The molecule has 0 aliphatic heterocycles. The highest BCUT2D eigenvalue weighted by Crippen LogP contribution is 2.29. The van der Waals surface area contributed by atoms with Gasteiger partial charge in [0.05, 0.1) is 22.9 Å². The van der Waals surface area contributed by atoms with Gasteiger partial charge >= 0.3 is 0 Å². The molecule has 29 heavy (non-hydrogen) atoms. The van der Waals surface area contributed by atoms with Gasteiger partial charge in [0.25, 0.3) is 0 Å². The van der Waals surface area contributed by atoms with Crippen LogP contribution >= 0.6 is 23.2 Å². The summed E-state index contributed by atoms with van der Waals surface area (Å²) in [6, 6.07) is 9.13. The summed E-state index contributed by atoms with van der Waals surface area (Å²) >= 11 is 12.0. The van der Waals surface area contributed by atoms with Crippen LogP contribution in [-0.2, 0) is 15.0 Å². The number of hydrogen-bond acceptors (Lipinski definition) is 3. The van der Waals surface area contributed by atoms with E-state index in [2.05, 4.69) is 10.4 Å². The SMILES string of the molecule is CCCCN(CC(=O)Nc1cc(C(C)(C)C)nn1-c1ccccc1Cl)C(=O)CCl. The molecule has 0 bridgehead atoms. The summed E-state index contributed by atoms with van der Waals surface area (Å²) in [7, 11) is 0. The first-order valence-electron chi connectivity index (χ1n) is 9.66. The Morgan fingerprint density at radius 2 is 1.93 bits per heavy atom. The van der Waals surface area contributed by atoms with Crippen molar-refractivity contribution in [2.75, 3.05) is 24.3 Å². The molecule has 0 spiro atoms. The average molecular weight is 439 g/mol. The predicted molar refractivity (Wildman–Crippen MR) is 118 cm³/mol. The van der Waals surface area contributed by atoms with Crippen LogP contribution in [0.5, 0.6) is 0 Å². The largest absolute Gasteiger partial charge is 0.332 e. The Kier molecular flexibility index (Phi) is 8.11. The van der Waals surface area contributed by atoms with E-state index in [9.17, 15) is 9.59 Å². The van der Waals surface area contributed by atoms with Crippen LogP contribution in [-0.4, -0.2) is 45.5 Å². The van der Waals surface area contributed by atoms with Gasteiger partial charge in [-0.3, -0.25) is 9.59 Å². The minimum absolute atomic E-state index is 0.0654. The molecule has 1 aromatic carbocycles. The number of halogens is 2. The fourth-order valence-electron chi connectivity index (χ4n) is 2.72. The van der Waals surface area contributed by atoms with Gasteiger partial charge in [-0.05, 0) is 18.6 Å². The van der Waals surface area contributed by atoms with Crippen molar-refractivity contribution in [1.82, 2.24) is 14.7 Å². The highest BCUT2D eigenvalue weighted by molar-refractivity contribution is 6.32. The molecule has 0 aliphatic rings.